The van der Waals surface area contributed by atoms with Crippen LogP contribution in [0.25, 0.3) is 0 Å². The van der Waals surface area contributed by atoms with Gasteiger partial charge in [0.2, 0.25) is 5.91 Å². The molecule has 30 heavy (non-hydrogen) atoms. The fourth-order valence-corrected chi connectivity index (χ4v) is 3.75. The van der Waals surface area contributed by atoms with Gasteiger partial charge in [0, 0.05) is 6.92 Å². The number of amides is 1. The van der Waals surface area contributed by atoms with Crippen molar-refractivity contribution in [3.05, 3.63) is 0 Å². The van der Waals surface area contributed by atoms with Crippen molar-refractivity contribution in [1.29, 1.82) is 0 Å². The van der Waals surface area contributed by atoms with Gasteiger partial charge in [0.15, 0.2) is 0 Å². The molecule has 3 unspecified atom stereocenters. The highest BCUT2D eigenvalue weighted by Crippen LogP contribution is 2.43. The predicted molar refractivity (Wildman–Crippen MR) is 120 cm³/mol. The molecule has 9 heteroatoms. The zero-order chi connectivity index (χ0) is 23.0. The number of nitrogens with one attached hydrogen (secondary N) is 1. The maximum absolute atomic E-state index is 12.0. The lowest BCUT2D eigenvalue weighted by Gasteiger charge is -2.26. The second-order valence-corrected chi connectivity index (χ2v) is 10.6. The summed E-state index contributed by atoms with van der Waals surface area (Å²) in [4.78, 5) is 21.3. The maximum Gasteiger partial charge on any atom is 0.472 e. The summed E-state index contributed by atoms with van der Waals surface area (Å²) < 4.78 is 22.6. The fourth-order valence-electron chi connectivity index (χ4n) is 3.02. The summed E-state index contributed by atoms with van der Waals surface area (Å²) in [5, 5.41) is 13.0. The minimum atomic E-state index is -4.24. The molecular weight excluding hydrogens is 407 g/mol. The molecular formula is C21H46N2O6P+. The third kappa shape index (κ3) is 18.3. The van der Waals surface area contributed by atoms with Crippen LogP contribution in [0.15, 0.2) is 0 Å². The Hall–Kier alpha value is -0.500. The van der Waals surface area contributed by atoms with Gasteiger partial charge >= 0.3 is 7.82 Å². The molecule has 0 fully saturated rings. The third-order valence-electron chi connectivity index (χ3n) is 4.89. The number of unbranched alkanes of at least 4 members (excludes halogenated alkanes) is 8. The van der Waals surface area contributed by atoms with E-state index in [9.17, 15) is 19.4 Å². The molecule has 0 aliphatic rings. The summed E-state index contributed by atoms with van der Waals surface area (Å²) in [6.07, 6.45) is 10.3. The summed E-state index contributed by atoms with van der Waals surface area (Å²) in [5.41, 5.74) is 0. The number of aliphatic hydroxyl groups is 1. The van der Waals surface area contributed by atoms with E-state index in [0.717, 1.165) is 19.3 Å². The van der Waals surface area contributed by atoms with E-state index in [-0.39, 0.29) is 19.1 Å². The van der Waals surface area contributed by atoms with Crippen molar-refractivity contribution in [2.75, 3.05) is 40.9 Å². The van der Waals surface area contributed by atoms with E-state index in [4.69, 9.17) is 9.05 Å². The lowest BCUT2D eigenvalue weighted by molar-refractivity contribution is -0.870. The molecule has 0 spiro atoms. The molecule has 0 aliphatic carbocycles. The van der Waals surface area contributed by atoms with E-state index < -0.39 is 20.0 Å². The molecule has 3 N–H and O–H groups in total. The number of quaternary nitrogens is 1. The van der Waals surface area contributed by atoms with Gasteiger partial charge in [-0.1, -0.05) is 64.7 Å². The molecule has 0 heterocycles. The zero-order valence-corrected chi connectivity index (χ0v) is 20.7. The summed E-state index contributed by atoms with van der Waals surface area (Å²) in [7, 11) is 1.60. The quantitative estimate of drug-likeness (QED) is 0.157. The van der Waals surface area contributed by atoms with Crippen LogP contribution in [0, 0.1) is 0 Å². The second-order valence-electron chi connectivity index (χ2n) is 9.10. The van der Waals surface area contributed by atoms with Crippen LogP contribution in [0.1, 0.15) is 78.1 Å². The molecule has 0 saturated carbocycles. The van der Waals surface area contributed by atoms with E-state index in [1.807, 2.05) is 21.1 Å². The van der Waals surface area contributed by atoms with E-state index >= 15 is 0 Å². The number of carbonyl (C=O) groups is 1. The minimum Gasteiger partial charge on any atom is -0.391 e. The Labute approximate surface area is 183 Å². The van der Waals surface area contributed by atoms with Gasteiger partial charge in [-0.05, 0) is 6.42 Å². The number of hydrogen-bond acceptors (Lipinski definition) is 5. The number of hydrogen-bond donors (Lipinski definition) is 3. The van der Waals surface area contributed by atoms with Crippen LogP contribution >= 0.6 is 7.82 Å². The molecule has 3 atom stereocenters. The van der Waals surface area contributed by atoms with Crippen molar-refractivity contribution in [3.63, 3.8) is 0 Å². The zero-order valence-electron chi connectivity index (χ0n) is 19.8. The van der Waals surface area contributed by atoms with Crippen molar-refractivity contribution in [2.45, 2.75) is 90.2 Å². The lowest BCUT2D eigenvalue weighted by Crippen LogP contribution is -2.45. The van der Waals surface area contributed by atoms with Crippen LogP contribution in [0.2, 0.25) is 0 Å². The monoisotopic (exact) mass is 453 g/mol. The molecule has 8 nitrogen and oxygen atoms in total. The normalized spacial score (nSPS) is 16.1. The largest absolute Gasteiger partial charge is 0.472 e. The van der Waals surface area contributed by atoms with Gasteiger partial charge in [0.05, 0.1) is 39.9 Å². The van der Waals surface area contributed by atoms with E-state index in [2.05, 4.69) is 12.2 Å². The fraction of sp³-hybridized carbons (Fsp3) is 0.952. The number of likely N-dealkylation sites (N-methyl/N-ethyl adjacent to an activating group) is 1. The smallest absolute Gasteiger partial charge is 0.391 e. The molecule has 0 aromatic rings. The van der Waals surface area contributed by atoms with Crippen molar-refractivity contribution < 1.29 is 32.9 Å². The lowest BCUT2D eigenvalue weighted by atomic mass is 10.0. The van der Waals surface area contributed by atoms with Crippen LogP contribution in [0.5, 0.6) is 0 Å². The number of nitrogens with zero attached hydrogens (tertiary/aromatic N) is 1. The molecule has 0 aliphatic heterocycles. The van der Waals surface area contributed by atoms with Crippen molar-refractivity contribution in [2.24, 2.45) is 0 Å². The summed E-state index contributed by atoms with van der Waals surface area (Å²) in [6.45, 7) is 3.89. The van der Waals surface area contributed by atoms with E-state index in [0.29, 0.717) is 17.4 Å². The first-order valence-electron chi connectivity index (χ1n) is 11.3. The Morgan fingerprint density at radius 3 is 2.03 bits per heavy atom. The second kappa shape index (κ2) is 16.2. The van der Waals surface area contributed by atoms with Gasteiger partial charge in [0.25, 0.3) is 0 Å². The Kier molecular flexibility index (Phi) is 15.9. The first-order chi connectivity index (χ1) is 14.0. The Bertz CT molecular complexity index is 498. The van der Waals surface area contributed by atoms with Crippen molar-refractivity contribution in [3.8, 4) is 0 Å². The molecule has 0 aromatic carbocycles. The number of phosphoric ester groups is 1. The van der Waals surface area contributed by atoms with Crippen molar-refractivity contribution >= 4 is 13.7 Å². The molecule has 0 saturated heterocycles. The summed E-state index contributed by atoms with van der Waals surface area (Å²) in [5.74, 6) is -0.326. The van der Waals surface area contributed by atoms with Gasteiger partial charge in [-0.15, -0.1) is 0 Å². The first-order valence-corrected chi connectivity index (χ1v) is 12.8. The summed E-state index contributed by atoms with van der Waals surface area (Å²) in [6, 6.07) is -0.751. The Morgan fingerprint density at radius 1 is 1.00 bits per heavy atom. The van der Waals surface area contributed by atoms with Gasteiger partial charge in [0.1, 0.15) is 13.2 Å². The van der Waals surface area contributed by atoms with Crippen LogP contribution in [0.4, 0.5) is 0 Å². The standard InChI is InChI=1S/C21H45N2O6P/c1-6-7-8-9-10-11-12-13-14-15-21(25)20(22-19(2)24)18-29-30(26,27)28-17-16-23(3,4)5/h20-21,25H,6-18H2,1-5H3,(H-,22,24,26,27)/p+1. The third-order valence-corrected chi connectivity index (χ3v) is 5.87. The molecule has 0 radical (unpaired) electrons. The Morgan fingerprint density at radius 2 is 1.53 bits per heavy atom. The topological polar surface area (TPSA) is 105 Å². The minimum absolute atomic E-state index is 0.0725. The van der Waals surface area contributed by atoms with Crippen LogP contribution in [0.3, 0.4) is 0 Å². The van der Waals surface area contributed by atoms with Gasteiger partial charge in [-0.25, -0.2) is 4.57 Å². The van der Waals surface area contributed by atoms with Crippen LogP contribution < -0.4 is 5.32 Å². The summed E-state index contributed by atoms with van der Waals surface area (Å²) >= 11 is 0. The SMILES string of the molecule is CCCCCCCCCCCC(O)C(COP(=O)(O)OCC[N+](C)(C)C)NC(C)=O. The average molecular weight is 454 g/mol. The molecule has 0 rings (SSSR count). The number of rotatable bonds is 19. The molecule has 180 valence electrons. The van der Waals surface area contributed by atoms with E-state index in [1.54, 1.807) is 0 Å². The van der Waals surface area contributed by atoms with Crippen molar-refractivity contribution in [1.82, 2.24) is 5.32 Å². The number of phosphoric acid groups is 1. The molecule has 0 bridgehead atoms. The van der Waals surface area contributed by atoms with Crippen LogP contribution in [-0.4, -0.2) is 73.4 Å². The van der Waals surface area contributed by atoms with Gasteiger partial charge < -0.3 is 19.8 Å². The van der Waals surface area contributed by atoms with Gasteiger partial charge in [-0.2, -0.15) is 0 Å². The van der Waals surface area contributed by atoms with E-state index in [1.165, 1.54) is 45.4 Å². The highest BCUT2D eigenvalue weighted by Gasteiger charge is 2.27. The highest BCUT2D eigenvalue weighted by atomic mass is 31.2. The first kappa shape index (κ1) is 29.5. The maximum atomic E-state index is 12.0. The average Bonchev–Trinajstić information content (AvgIpc) is 2.62. The molecule has 1 amide bonds. The Balaban J connectivity index is 4.23. The number of aliphatic hydroxyl groups excluding tert-OH is 1. The van der Waals surface area contributed by atoms with Gasteiger partial charge in [-0.3, -0.25) is 13.8 Å². The number of carbonyl (C=O) groups excluding carboxylic acids is 1. The predicted octanol–water partition coefficient (Wildman–Crippen LogP) is 3.61. The molecule has 0 aromatic heterocycles. The highest BCUT2D eigenvalue weighted by molar-refractivity contribution is 7.47. The van der Waals surface area contributed by atoms with Crippen LogP contribution in [-0.2, 0) is 18.4 Å².